The third kappa shape index (κ3) is 3.67. The maximum absolute atomic E-state index is 8.57. The molecule has 13 heavy (non-hydrogen) atoms. The van der Waals surface area contributed by atoms with Crippen LogP contribution in [0.3, 0.4) is 0 Å². The molecule has 0 fully saturated rings. The van der Waals surface area contributed by atoms with Gasteiger partial charge in [0.1, 0.15) is 0 Å². The Hall–Kier alpha value is -0.710. The molecule has 5 nitrogen and oxygen atoms in total. The van der Waals surface area contributed by atoms with Gasteiger partial charge in [-0.05, 0) is 17.7 Å². The molecule has 0 amide bonds. The Balaban J connectivity index is 2.70. The van der Waals surface area contributed by atoms with Crippen molar-refractivity contribution in [2.45, 2.75) is 6.54 Å². The third-order valence-electron chi connectivity index (χ3n) is 1.39. The van der Waals surface area contributed by atoms with Crippen LogP contribution in [0.25, 0.3) is 0 Å². The van der Waals surface area contributed by atoms with Crippen LogP contribution in [-0.4, -0.2) is 14.7 Å². The summed E-state index contributed by atoms with van der Waals surface area (Å²) in [5, 5.41) is 0. The molecule has 0 atom stereocenters. The molecule has 0 saturated carbocycles. The molecule has 72 valence electrons. The first-order valence-electron chi connectivity index (χ1n) is 3.57. The number of hydrogen-bond donors (Lipinski definition) is 4. The molecule has 1 aromatic rings. The van der Waals surface area contributed by atoms with Crippen LogP contribution in [0.5, 0.6) is 5.75 Å². The summed E-state index contributed by atoms with van der Waals surface area (Å²) in [6.45, 7) is 0.401. The van der Waals surface area contributed by atoms with Gasteiger partial charge in [-0.1, -0.05) is 12.1 Å². The minimum Gasteiger partial charge on any atom is -0.326 e. The SMILES string of the molecule is NCc1ccc(O[P+](O)(O)O)cc1. The van der Waals surface area contributed by atoms with Crippen molar-refractivity contribution in [1.82, 2.24) is 0 Å². The van der Waals surface area contributed by atoms with Crippen LogP contribution in [0.2, 0.25) is 0 Å². The van der Waals surface area contributed by atoms with Gasteiger partial charge in [0.15, 0.2) is 5.75 Å². The monoisotopic (exact) mass is 204 g/mol. The van der Waals surface area contributed by atoms with Gasteiger partial charge < -0.3 is 5.73 Å². The fraction of sp³-hybridized carbons (Fsp3) is 0.143. The van der Waals surface area contributed by atoms with Crippen LogP contribution >= 0.6 is 8.17 Å². The Kier molecular flexibility index (Phi) is 3.19. The van der Waals surface area contributed by atoms with Crippen LogP contribution in [0.1, 0.15) is 5.56 Å². The highest BCUT2D eigenvalue weighted by Gasteiger charge is 2.34. The first-order valence-corrected chi connectivity index (χ1v) is 5.14. The van der Waals surface area contributed by atoms with E-state index in [1.54, 1.807) is 12.1 Å². The zero-order valence-corrected chi connectivity index (χ0v) is 7.69. The standard InChI is InChI=1S/C7H11NO4P/c8-5-6-1-3-7(4-2-6)12-13(9,10)11/h1-4,9-11H,5,8H2/q+1. The van der Waals surface area contributed by atoms with Crippen molar-refractivity contribution in [3.8, 4) is 5.75 Å². The van der Waals surface area contributed by atoms with Gasteiger partial charge in [0, 0.05) is 6.54 Å². The second kappa shape index (κ2) is 4.00. The number of nitrogens with two attached hydrogens (primary N) is 1. The number of hydrogen-bond acceptors (Lipinski definition) is 5. The lowest BCUT2D eigenvalue weighted by Crippen LogP contribution is -1.99. The Morgan fingerprint density at radius 3 is 2.08 bits per heavy atom. The molecule has 0 spiro atoms. The molecule has 0 aliphatic heterocycles. The highest BCUT2D eigenvalue weighted by molar-refractivity contribution is 7.53. The van der Waals surface area contributed by atoms with Gasteiger partial charge in [0.05, 0.1) is 0 Å². The molecule has 0 radical (unpaired) electrons. The molecular formula is C7H11NO4P+. The quantitative estimate of drug-likeness (QED) is 0.526. The van der Waals surface area contributed by atoms with Crippen LogP contribution in [0.4, 0.5) is 0 Å². The minimum absolute atomic E-state index is 0.193. The lowest BCUT2D eigenvalue weighted by Gasteiger charge is -2.03. The van der Waals surface area contributed by atoms with Gasteiger partial charge in [-0.2, -0.15) is 14.7 Å². The molecule has 0 aliphatic carbocycles. The molecule has 1 aromatic carbocycles. The van der Waals surface area contributed by atoms with E-state index in [4.69, 9.17) is 20.4 Å². The topological polar surface area (TPSA) is 95.9 Å². The minimum atomic E-state index is -4.19. The van der Waals surface area contributed by atoms with Crippen LogP contribution in [0.15, 0.2) is 24.3 Å². The van der Waals surface area contributed by atoms with E-state index in [-0.39, 0.29) is 5.75 Å². The smallest absolute Gasteiger partial charge is 0.326 e. The van der Waals surface area contributed by atoms with Crippen LogP contribution in [-0.2, 0) is 6.54 Å². The average Bonchev–Trinajstić information content (AvgIpc) is 2.03. The third-order valence-corrected chi connectivity index (χ3v) is 1.84. The zero-order valence-electron chi connectivity index (χ0n) is 6.79. The zero-order chi connectivity index (χ0) is 9.90. The summed E-state index contributed by atoms with van der Waals surface area (Å²) in [6, 6.07) is 6.34. The van der Waals surface area contributed by atoms with Crippen LogP contribution in [0, 0.1) is 0 Å². The van der Waals surface area contributed by atoms with E-state index in [1.165, 1.54) is 12.1 Å². The van der Waals surface area contributed by atoms with Gasteiger partial charge in [0.25, 0.3) is 0 Å². The Bertz CT molecular complexity index is 269. The van der Waals surface area contributed by atoms with Gasteiger partial charge in [-0.25, -0.2) is 0 Å². The van der Waals surface area contributed by atoms with Gasteiger partial charge in [-0.15, -0.1) is 0 Å². The van der Waals surface area contributed by atoms with Gasteiger partial charge in [0.2, 0.25) is 0 Å². The van der Waals surface area contributed by atoms with Crippen molar-refractivity contribution in [1.29, 1.82) is 0 Å². The molecule has 0 bridgehead atoms. The fourth-order valence-electron chi connectivity index (χ4n) is 0.828. The van der Waals surface area contributed by atoms with Gasteiger partial charge in [-0.3, -0.25) is 4.52 Å². The summed E-state index contributed by atoms with van der Waals surface area (Å²) in [5.41, 5.74) is 6.24. The number of rotatable bonds is 3. The molecule has 0 aromatic heterocycles. The molecule has 0 heterocycles. The maximum Gasteiger partial charge on any atom is 0.613 e. The fourth-order valence-corrected chi connectivity index (χ4v) is 1.23. The molecule has 0 aliphatic rings. The summed E-state index contributed by atoms with van der Waals surface area (Å²) in [7, 11) is -4.19. The van der Waals surface area contributed by atoms with Crippen molar-refractivity contribution in [3.05, 3.63) is 29.8 Å². The van der Waals surface area contributed by atoms with Crippen molar-refractivity contribution in [3.63, 3.8) is 0 Å². The number of benzene rings is 1. The van der Waals surface area contributed by atoms with E-state index in [1.807, 2.05) is 0 Å². The van der Waals surface area contributed by atoms with Crippen molar-refractivity contribution < 1.29 is 19.2 Å². The lowest BCUT2D eigenvalue weighted by atomic mass is 10.2. The second-order valence-electron chi connectivity index (χ2n) is 2.45. The van der Waals surface area contributed by atoms with Crippen LogP contribution < -0.4 is 10.3 Å². The Morgan fingerprint density at radius 2 is 1.69 bits per heavy atom. The summed E-state index contributed by atoms with van der Waals surface area (Å²) < 4.78 is 4.44. The first kappa shape index (κ1) is 10.4. The van der Waals surface area contributed by atoms with E-state index >= 15 is 0 Å². The molecule has 5 N–H and O–H groups in total. The predicted molar refractivity (Wildman–Crippen MR) is 48.5 cm³/mol. The van der Waals surface area contributed by atoms with Crippen molar-refractivity contribution in [2.75, 3.05) is 0 Å². The Morgan fingerprint density at radius 1 is 1.15 bits per heavy atom. The van der Waals surface area contributed by atoms with E-state index in [2.05, 4.69) is 4.52 Å². The van der Waals surface area contributed by atoms with E-state index < -0.39 is 8.17 Å². The first-order chi connectivity index (χ1) is 6.01. The molecule has 1 rings (SSSR count). The van der Waals surface area contributed by atoms with E-state index in [9.17, 15) is 0 Å². The molecular weight excluding hydrogens is 193 g/mol. The largest absolute Gasteiger partial charge is 0.613 e. The van der Waals surface area contributed by atoms with Crippen molar-refractivity contribution in [2.24, 2.45) is 5.73 Å². The second-order valence-corrected chi connectivity index (χ2v) is 3.66. The van der Waals surface area contributed by atoms with E-state index in [0.717, 1.165) is 5.56 Å². The predicted octanol–water partition coefficient (Wildman–Crippen LogP) is 0.179. The summed E-state index contributed by atoms with van der Waals surface area (Å²) >= 11 is 0. The average molecular weight is 204 g/mol. The summed E-state index contributed by atoms with van der Waals surface area (Å²) in [4.78, 5) is 25.7. The highest BCUT2D eigenvalue weighted by atomic mass is 31.2. The highest BCUT2D eigenvalue weighted by Crippen LogP contribution is 2.45. The lowest BCUT2D eigenvalue weighted by molar-refractivity contribution is 0.238. The van der Waals surface area contributed by atoms with Crippen molar-refractivity contribution >= 4 is 8.17 Å². The molecule has 0 unspecified atom stereocenters. The maximum atomic E-state index is 8.57. The molecule has 6 heteroatoms. The normalized spacial score (nSPS) is 11.4. The summed E-state index contributed by atoms with van der Waals surface area (Å²) in [6.07, 6.45) is 0. The van der Waals surface area contributed by atoms with E-state index in [0.29, 0.717) is 6.54 Å². The Labute approximate surface area is 76.1 Å². The summed E-state index contributed by atoms with van der Waals surface area (Å²) in [5.74, 6) is 0.193. The van der Waals surface area contributed by atoms with Gasteiger partial charge >= 0.3 is 8.17 Å². The molecule has 0 saturated heterocycles.